The summed E-state index contributed by atoms with van der Waals surface area (Å²) in [5.74, 6) is 0.107. The van der Waals surface area contributed by atoms with Crippen molar-refractivity contribution in [1.29, 1.82) is 0 Å². The summed E-state index contributed by atoms with van der Waals surface area (Å²) >= 11 is 0. The summed E-state index contributed by atoms with van der Waals surface area (Å²) in [7, 11) is 2.07. The number of aliphatic hydroxyl groups is 1. The number of likely N-dealkylation sites (N-methyl/N-ethyl adjacent to an activating group) is 1. The predicted molar refractivity (Wildman–Crippen MR) is 182 cm³/mol. The van der Waals surface area contributed by atoms with Crippen LogP contribution in [0.25, 0.3) is 11.1 Å². The lowest BCUT2D eigenvalue weighted by atomic mass is 9.90. The molecule has 4 rings (SSSR count). The first-order valence-electron chi connectivity index (χ1n) is 16.3. The van der Waals surface area contributed by atoms with Crippen LogP contribution in [0.4, 0.5) is 0 Å². The van der Waals surface area contributed by atoms with Gasteiger partial charge in [0.15, 0.2) is 6.29 Å². The van der Waals surface area contributed by atoms with Gasteiger partial charge in [-0.15, -0.1) is 6.58 Å². The highest BCUT2D eigenvalue weighted by Gasteiger charge is 2.38. The lowest BCUT2D eigenvalue weighted by Gasteiger charge is -2.42. The maximum Gasteiger partial charge on any atom is 0.220 e. The van der Waals surface area contributed by atoms with E-state index in [2.05, 4.69) is 66.4 Å². The molecule has 4 atom stereocenters. The van der Waals surface area contributed by atoms with Crippen molar-refractivity contribution in [1.82, 2.24) is 15.5 Å². The molecule has 246 valence electrons. The Morgan fingerprint density at radius 3 is 2.35 bits per heavy atom. The number of aliphatic hydroxyl groups excluding tert-OH is 1. The van der Waals surface area contributed by atoms with Gasteiger partial charge in [-0.1, -0.05) is 92.2 Å². The molecule has 0 saturated carbocycles. The van der Waals surface area contributed by atoms with Gasteiger partial charge in [0, 0.05) is 51.0 Å². The first kappa shape index (κ1) is 35.0. The lowest BCUT2D eigenvalue weighted by Crippen LogP contribution is -2.43. The average Bonchev–Trinajstić information content (AvgIpc) is 3.06. The largest absolute Gasteiger partial charge is 0.392 e. The Hall–Kier alpha value is -3.82. The minimum absolute atomic E-state index is 0.00599. The number of amides is 2. The van der Waals surface area contributed by atoms with Gasteiger partial charge in [0.2, 0.25) is 11.8 Å². The first-order valence-corrected chi connectivity index (χ1v) is 16.3. The molecule has 0 unspecified atom stereocenters. The number of nitrogens with zero attached hydrogens (tertiary/aromatic N) is 1. The van der Waals surface area contributed by atoms with Gasteiger partial charge >= 0.3 is 0 Å². The first-order chi connectivity index (χ1) is 22.3. The highest BCUT2D eigenvalue weighted by molar-refractivity contribution is 5.76. The predicted octanol–water partition coefficient (Wildman–Crippen LogP) is 6.07. The summed E-state index contributed by atoms with van der Waals surface area (Å²) in [5.41, 5.74) is 6.03. The maximum absolute atomic E-state index is 12.5. The topological polar surface area (TPSA) is 100 Å². The van der Waals surface area contributed by atoms with Crippen LogP contribution in [0, 0.1) is 5.92 Å². The van der Waals surface area contributed by atoms with Crippen LogP contribution in [0.2, 0.25) is 0 Å². The molecule has 3 aromatic carbocycles. The quantitative estimate of drug-likeness (QED) is 0.132. The van der Waals surface area contributed by atoms with Crippen LogP contribution >= 0.6 is 0 Å². The molecule has 3 aromatic rings. The van der Waals surface area contributed by atoms with Gasteiger partial charge in [0.1, 0.15) is 0 Å². The van der Waals surface area contributed by atoms with E-state index < -0.39 is 6.29 Å². The molecule has 0 aromatic heterocycles. The number of benzene rings is 3. The summed E-state index contributed by atoms with van der Waals surface area (Å²) in [4.78, 5) is 25.7. The van der Waals surface area contributed by atoms with Crippen molar-refractivity contribution in [2.75, 3.05) is 26.7 Å². The van der Waals surface area contributed by atoms with Crippen LogP contribution in [0.5, 0.6) is 0 Å². The van der Waals surface area contributed by atoms with E-state index in [1.807, 2.05) is 48.5 Å². The van der Waals surface area contributed by atoms with E-state index in [9.17, 15) is 14.7 Å². The summed E-state index contributed by atoms with van der Waals surface area (Å²) < 4.78 is 13.2. The number of hydrogen-bond acceptors (Lipinski definition) is 6. The van der Waals surface area contributed by atoms with E-state index in [4.69, 9.17) is 9.47 Å². The second kappa shape index (κ2) is 17.8. The van der Waals surface area contributed by atoms with Gasteiger partial charge in [-0.3, -0.25) is 9.59 Å². The zero-order valence-corrected chi connectivity index (χ0v) is 27.4. The molecule has 0 aliphatic carbocycles. The smallest absolute Gasteiger partial charge is 0.220 e. The molecule has 3 N–H and O–H groups in total. The summed E-state index contributed by atoms with van der Waals surface area (Å²) in [6.45, 7) is 10.2. The van der Waals surface area contributed by atoms with E-state index in [0.29, 0.717) is 19.5 Å². The summed E-state index contributed by atoms with van der Waals surface area (Å²) in [5, 5.41) is 15.4. The van der Waals surface area contributed by atoms with Crippen LogP contribution in [0.15, 0.2) is 85.5 Å². The Morgan fingerprint density at radius 1 is 0.935 bits per heavy atom. The van der Waals surface area contributed by atoms with Crippen LogP contribution < -0.4 is 10.6 Å². The SMILES string of the molecule is C=CCN(C)C[C@H]1O[C@@H](c2ccc(-c3ccccc3CNC(=O)CCCCCNC(C)=O)cc2)O[C@@H](c2ccc(CO)cc2)[C@H]1C. The molecule has 8 heteroatoms. The molecule has 1 heterocycles. The van der Waals surface area contributed by atoms with Crippen molar-refractivity contribution >= 4 is 11.8 Å². The molecule has 2 amide bonds. The monoisotopic (exact) mass is 627 g/mol. The van der Waals surface area contributed by atoms with Gasteiger partial charge in [0.25, 0.3) is 0 Å². The Balaban J connectivity index is 1.43. The van der Waals surface area contributed by atoms with Crippen molar-refractivity contribution in [2.45, 2.75) is 71.2 Å². The van der Waals surface area contributed by atoms with E-state index >= 15 is 0 Å². The van der Waals surface area contributed by atoms with Gasteiger partial charge in [0.05, 0.1) is 18.8 Å². The van der Waals surface area contributed by atoms with Crippen molar-refractivity contribution in [3.63, 3.8) is 0 Å². The molecule has 1 saturated heterocycles. The third-order valence-electron chi connectivity index (χ3n) is 8.50. The molecule has 0 spiro atoms. The van der Waals surface area contributed by atoms with E-state index in [0.717, 1.165) is 65.7 Å². The number of nitrogens with one attached hydrogen (secondary N) is 2. The number of carbonyl (C=O) groups is 2. The molecule has 0 radical (unpaired) electrons. The minimum Gasteiger partial charge on any atom is -0.392 e. The molecule has 8 nitrogen and oxygen atoms in total. The zero-order valence-electron chi connectivity index (χ0n) is 27.4. The average molecular weight is 628 g/mol. The van der Waals surface area contributed by atoms with Gasteiger partial charge < -0.3 is 30.1 Å². The standard InChI is InChI=1S/C38H49N3O5/c1-5-23-41(4)25-35-27(2)37(31-16-14-29(26-42)15-17-31)46-38(45-35)32-20-18-30(19-21-32)34-12-9-8-11-33(34)24-40-36(44)13-7-6-10-22-39-28(3)43/h5,8-9,11-12,14-21,27,35,37-38,42H,1,6-7,10,13,22-26H2,2-4H3,(H,39,43)(H,40,44)/t27-,35+,37+,38+/m0/s1. The molecule has 1 aliphatic heterocycles. The minimum atomic E-state index is -0.539. The van der Waals surface area contributed by atoms with Crippen molar-refractivity contribution in [2.24, 2.45) is 5.92 Å². The second-order valence-corrected chi connectivity index (χ2v) is 12.2. The number of hydrogen-bond donors (Lipinski definition) is 3. The highest BCUT2D eigenvalue weighted by Crippen LogP contribution is 2.42. The second-order valence-electron chi connectivity index (χ2n) is 12.2. The van der Waals surface area contributed by atoms with Crippen molar-refractivity contribution in [3.8, 4) is 11.1 Å². The van der Waals surface area contributed by atoms with Crippen LogP contribution in [-0.4, -0.2) is 54.6 Å². The van der Waals surface area contributed by atoms with E-state index in [1.165, 1.54) is 6.92 Å². The molecule has 46 heavy (non-hydrogen) atoms. The lowest BCUT2D eigenvalue weighted by molar-refractivity contribution is -0.275. The molecular weight excluding hydrogens is 578 g/mol. The Bertz CT molecular complexity index is 1410. The fraction of sp³-hybridized carbons (Fsp3) is 0.421. The summed E-state index contributed by atoms with van der Waals surface area (Å²) in [6, 6.07) is 24.4. The fourth-order valence-corrected chi connectivity index (χ4v) is 5.84. The third kappa shape index (κ3) is 10.1. The van der Waals surface area contributed by atoms with Gasteiger partial charge in [-0.05, 0) is 47.7 Å². The number of ether oxygens (including phenoxy) is 2. The number of carbonyl (C=O) groups excluding carboxylic acids is 2. The Labute approximate surface area is 273 Å². The number of rotatable bonds is 16. The molecule has 1 aliphatic rings. The van der Waals surface area contributed by atoms with Crippen molar-refractivity contribution < 1.29 is 24.2 Å². The molecule has 0 bridgehead atoms. The van der Waals surface area contributed by atoms with Crippen LogP contribution in [0.1, 0.15) is 74.2 Å². The number of unbranched alkanes of at least 4 members (excludes halogenated alkanes) is 2. The highest BCUT2D eigenvalue weighted by atomic mass is 16.7. The van der Waals surface area contributed by atoms with Crippen LogP contribution in [-0.2, 0) is 32.2 Å². The molecule has 1 fully saturated rings. The van der Waals surface area contributed by atoms with Gasteiger partial charge in [-0.25, -0.2) is 0 Å². The summed E-state index contributed by atoms with van der Waals surface area (Å²) in [6.07, 6.45) is 4.14. The Morgan fingerprint density at radius 2 is 1.65 bits per heavy atom. The van der Waals surface area contributed by atoms with Gasteiger partial charge in [-0.2, -0.15) is 0 Å². The van der Waals surface area contributed by atoms with E-state index in [-0.39, 0.29) is 36.5 Å². The Kier molecular flexibility index (Phi) is 13.5. The fourth-order valence-electron chi connectivity index (χ4n) is 5.84. The molecular formula is C38H49N3O5. The van der Waals surface area contributed by atoms with Crippen LogP contribution in [0.3, 0.4) is 0 Å². The third-order valence-corrected chi connectivity index (χ3v) is 8.50. The van der Waals surface area contributed by atoms with Crippen molar-refractivity contribution in [3.05, 3.63) is 108 Å². The zero-order chi connectivity index (χ0) is 32.9. The maximum atomic E-state index is 12.5. The van der Waals surface area contributed by atoms with E-state index in [1.54, 1.807) is 0 Å². The normalized spacial score (nSPS) is 19.5.